The van der Waals surface area contributed by atoms with Crippen LogP contribution in [0, 0.1) is 17.1 Å². The molecule has 0 saturated carbocycles. The Morgan fingerprint density at radius 2 is 2.38 bits per heavy atom. The van der Waals surface area contributed by atoms with E-state index in [-0.39, 0.29) is 11.7 Å². The molecule has 3 nitrogen and oxygen atoms in total. The summed E-state index contributed by atoms with van der Waals surface area (Å²) in [7, 11) is 0. The number of ether oxygens (including phenoxy) is 1. The van der Waals surface area contributed by atoms with Gasteiger partial charge in [0.15, 0.2) is 0 Å². The van der Waals surface area contributed by atoms with E-state index < -0.39 is 5.82 Å². The Labute approximate surface area is 93.8 Å². The Kier molecular flexibility index (Phi) is 3.37. The summed E-state index contributed by atoms with van der Waals surface area (Å²) in [5.41, 5.74) is 0.255. The number of benzene rings is 1. The van der Waals surface area contributed by atoms with Gasteiger partial charge in [0.25, 0.3) is 0 Å². The summed E-state index contributed by atoms with van der Waals surface area (Å²) in [4.78, 5) is 0. The molecule has 1 aromatic rings. The molecule has 0 radical (unpaired) electrons. The van der Waals surface area contributed by atoms with Crippen molar-refractivity contribution in [3.05, 3.63) is 29.6 Å². The summed E-state index contributed by atoms with van der Waals surface area (Å²) < 4.78 is 18.6. The first kappa shape index (κ1) is 10.9. The summed E-state index contributed by atoms with van der Waals surface area (Å²) in [6.07, 6.45) is 2.11. The van der Waals surface area contributed by atoms with Gasteiger partial charge < -0.3 is 10.1 Å². The fourth-order valence-electron chi connectivity index (χ4n) is 1.79. The maximum absolute atomic E-state index is 12.9. The van der Waals surface area contributed by atoms with Crippen LogP contribution in [0.15, 0.2) is 18.2 Å². The SMILES string of the molecule is N#Cc1cc(F)ccc1OC1CCCNC1. The number of piperidine rings is 1. The van der Waals surface area contributed by atoms with Gasteiger partial charge in [-0.1, -0.05) is 0 Å². The van der Waals surface area contributed by atoms with Gasteiger partial charge in [-0.15, -0.1) is 0 Å². The van der Waals surface area contributed by atoms with Gasteiger partial charge in [0.1, 0.15) is 23.7 Å². The smallest absolute Gasteiger partial charge is 0.137 e. The van der Waals surface area contributed by atoms with E-state index in [1.165, 1.54) is 18.2 Å². The molecule has 1 aliphatic heterocycles. The average molecular weight is 220 g/mol. The van der Waals surface area contributed by atoms with Gasteiger partial charge in [0.2, 0.25) is 0 Å². The van der Waals surface area contributed by atoms with Crippen molar-refractivity contribution in [2.45, 2.75) is 18.9 Å². The molecular formula is C12H13FN2O. The Morgan fingerprint density at radius 1 is 1.50 bits per heavy atom. The van der Waals surface area contributed by atoms with E-state index >= 15 is 0 Å². The summed E-state index contributed by atoms with van der Waals surface area (Å²) in [6, 6.07) is 5.97. The number of nitrogens with one attached hydrogen (secondary N) is 1. The Hall–Kier alpha value is -1.60. The highest BCUT2D eigenvalue weighted by atomic mass is 19.1. The largest absolute Gasteiger partial charge is 0.488 e. The lowest BCUT2D eigenvalue weighted by Crippen LogP contribution is -2.37. The fourth-order valence-corrected chi connectivity index (χ4v) is 1.79. The van der Waals surface area contributed by atoms with Crippen LogP contribution in [0.3, 0.4) is 0 Å². The molecule has 0 aliphatic carbocycles. The molecule has 1 aromatic carbocycles. The van der Waals surface area contributed by atoms with Crippen LogP contribution in [-0.4, -0.2) is 19.2 Å². The average Bonchev–Trinajstić information content (AvgIpc) is 2.33. The van der Waals surface area contributed by atoms with Crippen molar-refractivity contribution in [3.63, 3.8) is 0 Å². The number of nitriles is 1. The Morgan fingerprint density at radius 3 is 3.06 bits per heavy atom. The van der Waals surface area contributed by atoms with E-state index in [0.29, 0.717) is 5.75 Å². The molecule has 1 aliphatic rings. The minimum absolute atomic E-state index is 0.0753. The van der Waals surface area contributed by atoms with Crippen molar-refractivity contribution in [1.82, 2.24) is 5.32 Å². The van der Waals surface area contributed by atoms with E-state index in [4.69, 9.17) is 10.00 Å². The number of hydrogen-bond donors (Lipinski definition) is 1. The van der Waals surface area contributed by atoms with Gasteiger partial charge >= 0.3 is 0 Å². The highest BCUT2D eigenvalue weighted by molar-refractivity contribution is 5.43. The first-order valence-electron chi connectivity index (χ1n) is 5.36. The first-order chi connectivity index (χ1) is 7.79. The number of halogens is 1. The molecule has 1 heterocycles. The summed E-state index contributed by atoms with van der Waals surface area (Å²) in [5, 5.41) is 12.1. The molecule has 84 valence electrons. The number of nitrogens with zero attached hydrogens (tertiary/aromatic N) is 1. The minimum atomic E-state index is -0.411. The lowest BCUT2D eigenvalue weighted by Gasteiger charge is -2.24. The van der Waals surface area contributed by atoms with Crippen LogP contribution < -0.4 is 10.1 Å². The maximum Gasteiger partial charge on any atom is 0.137 e. The normalized spacial score (nSPS) is 20.1. The second kappa shape index (κ2) is 4.95. The van der Waals surface area contributed by atoms with Gasteiger partial charge in [0, 0.05) is 6.54 Å². The maximum atomic E-state index is 12.9. The van der Waals surface area contributed by atoms with Crippen molar-refractivity contribution in [1.29, 1.82) is 5.26 Å². The topological polar surface area (TPSA) is 45.0 Å². The quantitative estimate of drug-likeness (QED) is 0.827. The van der Waals surface area contributed by atoms with E-state index in [1.54, 1.807) is 0 Å². The van der Waals surface area contributed by atoms with E-state index in [0.717, 1.165) is 25.9 Å². The first-order valence-corrected chi connectivity index (χ1v) is 5.36. The van der Waals surface area contributed by atoms with Crippen LogP contribution in [-0.2, 0) is 0 Å². The van der Waals surface area contributed by atoms with E-state index in [2.05, 4.69) is 5.32 Å². The third kappa shape index (κ3) is 2.50. The minimum Gasteiger partial charge on any atom is -0.488 e. The molecule has 0 amide bonds. The van der Waals surface area contributed by atoms with Gasteiger partial charge in [-0.05, 0) is 37.6 Å². The van der Waals surface area contributed by atoms with Crippen molar-refractivity contribution < 1.29 is 9.13 Å². The second-order valence-corrected chi connectivity index (χ2v) is 3.84. The predicted molar refractivity (Wildman–Crippen MR) is 57.6 cm³/mol. The zero-order valence-corrected chi connectivity index (χ0v) is 8.87. The lowest BCUT2D eigenvalue weighted by molar-refractivity contribution is 0.166. The molecule has 2 rings (SSSR count). The highest BCUT2D eigenvalue weighted by Gasteiger charge is 2.16. The molecule has 0 bridgehead atoms. The molecule has 4 heteroatoms. The molecule has 1 N–H and O–H groups in total. The number of rotatable bonds is 2. The zero-order valence-electron chi connectivity index (χ0n) is 8.87. The summed E-state index contributed by atoms with van der Waals surface area (Å²) >= 11 is 0. The zero-order chi connectivity index (χ0) is 11.4. The van der Waals surface area contributed by atoms with Crippen molar-refractivity contribution in [2.24, 2.45) is 0 Å². The predicted octanol–water partition coefficient (Wildman–Crippen LogP) is 1.83. The highest BCUT2D eigenvalue weighted by Crippen LogP contribution is 2.21. The Balaban J connectivity index is 2.11. The van der Waals surface area contributed by atoms with Gasteiger partial charge in [-0.2, -0.15) is 5.26 Å². The van der Waals surface area contributed by atoms with E-state index in [9.17, 15) is 4.39 Å². The van der Waals surface area contributed by atoms with E-state index in [1.807, 2.05) is 6.07 Å². The van der Waals surface area contributed by atoms with Crippen LogP contribution in [0.4, 0.5) is 4.39 Å². The van der Waals surface area contributed by atoms with Crippen molar-refractivity contribution in [2.75, 3.05) is 13.1 Å². The standard InChI is InChI=1S/C12H13FN2O/c13-10-3-4-12(9(6-10)7-14)16-11-2-1-5-15-8-11/h3-4,6,11,15H,1-2,5,8H2. The molecule has 0 aromatic heterocycles. The number of hydrogen-bond acceptors (Lipinski definition) is 3. The van der Waals surface area contributed by atoms with Crippen LogP contribution in [0.5, 0.6) is 5.75 Å². The monoisotopic (exact) mass is 220 g/mol. The molecule has 1 fully saturated rings. The van der Waals surface area contributed by atoms with Gasteiger partial charge in [-0.3, -0.25) is 0 Å². The summed E-state index contributed by atoms with van der Waals surface area (Å²) in [6.45, 7) is 1.79. The third-order valence-corrected chi connectivity index (χ3v) is 2.61. The second-order valence-electron chi connectivity index (χ2n) is 3.84. The third-order valence-electron chi connectivity index (χ3n) is 2.61. The summed E-state index contributed by atoms with van der Waals surface area (Å²) in [5.74, 6) is 0.0586. The molecule has 0 spiro atoms. The molecule has 1 unspecified atom stereocenters. The van der Waals surface area contributed by atoms with Gasteiger partial charge in [0.05, 0.1) is 5.56 Å². The van der Waals surface area contributed by atoms with Crippen LogP contribution >= 0.6 is 0 Å². The van der Waals surface area contributed by atoms with Crippen molar-refractivity contribution >= 4 is 0 Å². The molecule has 16 heavy (non-hydrogen) atoms. The molecule has 1 saturated heterocycles. The van der Waals surface area contributed by atoms with Crippen molar-refractivity contribution in [3.8, 4) is 11.8 Å². The fraction of sp³-hybridized carbons (Fsp3) is 0.417. The Bertz CT molecular complexity index is 408. The van der Waals surface area contributed by atoms with Crippen LogP contribution in [0.2, 0.25) is 0 Å². The van der Waals surface area contributed by atoms with Crippen LogP contribution in [0.1, 0.15) is 18.4 Å². The molecular weight excluding hydrogens is 207 g/mol. The molecule has 1 atom stereocenters. The van der Waals surface area contributed by atoms with Gasteiger partial charge in [-0.25, -0.2) is 4.39 Å². The lowest BCUT2D eigenvalue weighted by atomic mass is 10.1. The van der Waals surface area contributed by atoms with Crippen LogP contribution in [0.25, 0.3) is 0 Å².